The van der Waals surface area contributed by atoms with Crippen LogP contribution in [-0.4, -0.2) is 31.5 Å². The van der Waals surface area contributed by atoms with E-state index in [-0.39, 0.29) is 0 Å². The number of ether oxygens (including phenoxy) is 3. The molecule has 4 aromatic rings. The van der Waals surface area contributed by atoms with E-state index in [1.807, 2.05) is 42.6 Å². The topological polar surface area (TPSA) is 70.0 Å². The van der Waals surface area contributed by atoms with Gasteiger partial charge in [0.25, 0.3) is 0 Å². The van der Waals surface area contributed by atoms with E-state index in [0.717, 1.165) is 44.8 Å². The smallest absolute Gasteiger partial charge is 0.161 e. The predicted octanol–water partition coefficient (Wildman–Crippen LogP) is 6.65. The summed E-state index contributed by atoms with van der Waals surface area (Å²) in [4.78, 5) is 5.75. The third-order valence-electron chi connectivity index (χ3n) is 6.49. The molecule has 0 aliphatic carbocycles. The van der Waals surface area contributed by atoms with Crippen molar-refractivity contribution in [3.8, 4) is 28.4 Å². The van der Waals surface area contributed by atoms with Crippen LogP contribution in [0.15, 0.2) is 70.7 Å². The van der Waals surface area contributed by atoms with Crippen molar-refractivity contribution in [1.82, 2.24) is 3.97 Å². The second kappa shape index (κ2) is 8.34. The highest BCUT2D eigenvalue weighted by Gasteiger charge is 2.47. The molecular weight excluding hydrogens is 464 g/mol. The lowest BCUT2D eigenvalue weighted by Gasteiger charge is -2.24. The quantitative estimate of drug-likeness (QED) is 0.224. The highest BCUT2D eigenvalue weighted by Crippen LogP contribution is 2.75. The van der Waals surface area contributed by atoms with E-state index < -0.39 is 10.8 Å². The molecule has 6 rings (SSSR count). The van der Waals surface area contributed by atoms with Crippen molar-refractivity contribution in [3.05, 3.63) is 66.4 Å². The maximum absolute atomic E-state index is 5.85. The molecule has 2 aliphatic rings. The van der Waals surface area contributed by atoms with Gasteiger partial charge in [0, 0.05) is 23.4 Å². The van der Waals surface area contributed by atoms with Crippen molar-refractivity contribution in [2.45, 2.75) is 18.2 Å². The van der Waals surface area contributed by atoms with Crippen molar-refractivity contribution in [2.24, 2.45) is 10.9 Å². The van der Waals surface area contributed by atoms with Gasteiger partial charge >= 0.3 is 0 Å². The first-order valence-corrected chi connectivity index (χ1v) is 12.8. The number of methoxy groups -OCH3 is 3. The van der Waals surface area contributed by atoms with Crippen LogP contribution in [0.2, 0.25) is 0 Å². The first kappa shape index (κ1) is 22.0. The Labute approximate surface area is 205 Å². The fourth-order valence-corrected chi connectivity index (χ4v) is 6.74. The first-order chi connectivity index (χ1) is 17.1. The lowest BCUT2D eigenvalue weighted by atomic mass is 9.98. The van der Waals surface area contributed by atoms with E-state index >= 15 is 0 Å². The molecule has 1 fully saturated rings. The number of fused-ring (bicyclic) bond motifs is 2. The summed E-state index contributed by atoms with van der Waals surface area (Å²) in [6.07, 6.45) is 5.04. The normalized spacial score (nSPS) is 18.7. The van der Waals surface area contributed by atoms with Gasteiger partial charge in [-0.1, -0.05) is 33.8 Å². The van der Waals surface area contributed by atoms with Gasteiger partial charge in [-0.3, -0.25) is 4.99 Å². The van der Waals surface area contributed by atoms with Crippen LogP contribution >= 0.6 is 10.8 Å². The molecule has 1 atom stereocenters. The van der Waals surface area contributed by atoms with Gasteiger partial charge in [0.05, 0.1) is 32.5 Å². The van der Waals surface area contributed by atoms with Crippen LogP contribution in [0.25, 0.3) is 22.0 Å². The maximum Gasteiger partial charge on any atom is 0.161 e. The highest BCUT2D eigenvalue weighted by molar-refractivity contribution is 8.28. The standard InChI is InChI=1S/C27H26N2O5S/c1-17-12-19-6-5-7-26(27(19)28-15-17)35(33-34-35)29-16-22(21-14-20(30-2)9-10-23(21)29)18-8-11-24(31-3)25(13-18)32-4/h5-11,13-17H,12H2,1-4H3. The number of aliphatic imine (C=N–C) groups is 1. The van der Waals surface area contributed by atoms with Crippen LogP contribution in [0.3, 0.4) is 0 Å². The number of hydrogen-bond donors (Lipinski definition) is 0. The molecule has 0 amide bonds. The molecule has 1 aromatic heterocycles. The van der Waals surface area contributed by atoms with E-state index in [1.54, 1.807) is 21.3 Å². The van der Waals surface area contributed by atoms with Gasteiger partial charge in [0.1, 0.15) is 10.6 Å². The summed E-state index contributed by atoms with van der Waals surface area (Å²) >= 11 is 0. The fraction of sp³-hybridized carbons (Fsp3) is 0.222. The summed E-state index contributed by atoms with van der Waals surface area (Å²) in [5.74, 6) is 2.52. The Morgan fingerprint density at radius 1 is 0.943 bits per heavy atom. The second-order valence-corrected chi connectivity index (χ2v) is 10.7. The summed E-state index contributed by atoms with van der Waals surface area (Å²) < 4.78 is 30.4. The van der Waals surface area contributed by atoms with Gasteiger partial charge in [-0.2, -0.15) is 0 Å². The third-order valence-corrected chi connectivity index (χ3v) is 8.59. The largest absolute Gasteiger partial charge is 0.497 e. The fourth-order valence-electron chi connectivity index (χ4n) is 4.70. The average Bonchev–Trinajstić information content (AvgIpc) is 3.61. The number of aromatic nitrogens is 1. The molecule has 3 heterocycles. The first-order valence-electron chi connectivity index (χ1n) is 11.4. The molecule has 3 aromatic carbocycles. The molecule has 180 valence electrons. The van der Waals surface area contributed by atoms with E-state index in [4.69, 9.17) is 27.9 Å². The lowest BCUT2D eigenvalue weighted by Crippen LogP contribution is -2.07. The molecule has 0 radical (unpaired) electrons. The predicted molar refractivity (Wildman–Crippen MR) is 138 cm³/mol. The number of para-hydroxylation sites is 1. The Bertz CT molecular complexity index is 1470. The molecule has 1 unspecified atom stereocenters. The van der Waals surface area contributed by atoms with Gasteiger partial charge in [0.15, 0.2) is 11.5 Å². The Balaban J connectivity index is 1.56. The van der Waals surface area contributed by atoms with Gasteiger partial charge in [0.2, 0.25) is 0 Å². The van der Waals surface area contributed by atoms with Gasteiger partial charge in [-0.15, -0.1) is 0 Å². The minimum atomic E-state index is -2.20. The van der Waals surface area contributed by atoms with Gasteiger partial charge in [-0.05, 0) is 70.6 Å². The van der Waals surface area contributed by atoms with Crippen LogP contribution in [0.5, 0.6) is 17.2 Å². The molecular formula is C27H26N2O5S. The zero-order valence-electron chi connectivity index (χ0n) is 20.0. The summed E-state index contributed by atoms with van der Waals surface area (Å²) in [5, 5.41) is 1.02. The van der Waals surface area contributed by atoms with Crippen molar-refractivity contribution in [2.75, 3.05) is 21.3 Å². The Kier molecular flexibility index (Phi) is 5.25. The van der Waals surface area contributed by atoms with Crippen molar-refractivity contribution in [1.29, 1.82) is 0 Å². The molecule has 1 saturated heterocycles. The van der Waals surface area contributed by atoms with Crippen LogP contribution in [0.1, 0.15) is 12.5 Å². The van der Waals surface area contributed by atoms with Crippen LogP contribution in [-0.2, 0) is 15.1 Å². The van der Waals surface area contributed by atoms with Crippen LogP contribution in [0.4, 0.5) is 5.69 Å². The van der Waals surface area contributed by atoms with Crippen molar-refractivity contribution < 1.29 is 22.9 Å². The second-order valence-electron chi connectivity index (χ2n) is 8.66. The zero-order valence-corrected chi connectivity index (χ0v) is 20.8. The zero-order chi connectivity index (χ0) is 24.2. The minimum absolute atomic E-state index is 0.404. The summed E-state index contributed by atoms with van der Waals surface area (Å²) in [7, 11) is 2.74. The average molecular weight is 491 g/mol. The monoisotopic (exact) mass is 490 g/mol. The molecule has 0 saturated carbocycles. The van der Waals surface area contributed by atoms with Gasteiger partial charge in [-0.25, -0.2) is 3.97 Å². The molecule has 0 bridgehead atoms. The molecule has 0 N–H and O–H groups in total. The molecule has 8 heteroatoms. The molecule has 2 aliphatic heterocycles. The van der Waals surface area contributed by atoms with E-state index in [1.165, 1.54) is 5.56 Å². The van der Waals surface area contributed by atoms with Crippen LogP contribution in [0, 0.1) is 5.92 Å². The van der Waals surface area contributed by atoms with E-state index in [9.17, 15) is 0 Å². The Hall–Kier alpha value is -3.46. The summed E-state index contributed by atoms with van der Waals surface area (Å²) in [5.41, 5.74) is 5.13. The SMILES string of the molecule is COc1ccc2c(c1)c(-c1ccc(OC)c(OC)c1)cn2S1(c2cccc3c2N=CC(C)C3)OO1. The van der Waals surface area contributed by atoms with E-state index in [2.05, 4.69) is 35.3 Å². The number of rotatable bonds is 6. The van der Waals surface area contributed by atoms with Gasteiger partial charge < -0.3 is 14.2 Å². The number of benzene rings is 3. The number of hydrogen-bond acceptors (Lipinski definition) is 6. The summed E-state index contributed by atoms with van der Waals surface area (Å²) in [6.45, 7) is 2.17. The minimum Gasteiger partial charge on any atom is -0.497 e. The molecule has 0 spiro atoms. The lowest BCUT2D eigenvalue weighted by molar-refractivity contribution is 0.0850. The van der Waals surface area contributed by atoms with Crippen molar-refractivity contribution >= 4 is 33.6 Å². The highest BCUT2D eigenvalue weighted by atomic mass is 32.3. The molecule has 35 heavy (non-hydrogen) atoms. The Morgan fingerprint density at radius 3 is 2.51 bits per heavy atom. The van der Waals surface area contributed by atoms with E-state index in [0.29, 0.717) is 17.4 Å². The van der Waals surface area contributed by atoms with Crippen molar-refractivity contribution in [3.63, 3.8) is 0 Å². The molecule has 7 nitrogen and oxygen atoms in total. The Morgan fingerprint density at radius 2 is 1.77 bits per heavy atom. The third kappa shape index (κ3) is 3.48. The number of nitrogens with zero attached hydrogens (tertiary/aromatic N) is 2. The maximum atomic E-state index is 5.85. The summed E-state index contributed by atoms with van der Waals surface area (Å²) in [6, 6.07) is 18.2. The van der Waals surface area contributed by atoms with Crippen LogP contribution < -0.4 is 14.2 Å².